The van der Waals surface area contributed by atoms with Gasteiger partial charge in [0.05, 0.1) is 5.56 Å². The number of hydrogen-bond donors (Lipinski definition) is 1. The van der Waals surface area contributed by atoms with Gasteiger partial charge >= 0.3 is 12.1 Å². The predicted octanol–water partition coefficient (Wildman–Crippen LogP) is 3.63. The van der Waals surface area contributed by atoms with E-state index < -0.39 is 23.5 Å². The number of carboxylic acids is 1. The van der Waals surface area contributed by atoms with E-state index in [2.05, 4.69) is 0 Å². The molecule has 1 N–H and O–H groups in total. The Hall–Kier alpha value is -2.64. The van der Waals surface area contributed by atoms with E-state index in [9.17, 15) is 18.8 Å². The zero-order valence-corrected chi connectivity index (χ0v) is 17.7. The van der Waals surface area contributed by atoms with Gasteiger partial charge in [0.25, 0.3) is 0 Å². The van der Waals surface area contributed by atoms with E-state index in [-0.39, 0.29) is 30.0 Å². The topological polar surface area (TPSA) is 87.2 Å². The van der Waals surface area contributed by atoms with Crippen molar-refractivity contribution in [3.05, 3.63) is 35.1 Å². The minimum absolute atomic E-state index is 0.0223. The summed E-state index contributed by atoms with van der Waals surface area (Å²) in [6, 6.07) is 4.37. The molecule has 1 heterocycles. The van der Waals surface area contributed by atoms with Gasteiger partial charge in [-0.05, 0) is 58.1 Å². The number of carbonyl (C=O) groups excluding carboxylic acids is 2. The fraction of sp³-hybridized carbons (Fsp3) is 0.591. The minimum atomic E-state index is -1.31. The molecular weight excluding hydrogens is 391 g/mol. The van der Waals surface area contributed by atoms with E-state index in [0.717, 1.165) is 12.8 Å². The standard InChI is InChI=1S/C22H29FN2O5/c1-22(2,3)30-21(29)25(15-9-10-15)13-18(26)24-11-5-6-14(12-24)16-7-4-8-17(19(16)23)20(27)28/h4,7-8,14-15H,5-6,9-13H2,1-3H3,(H,27,28). The monoisotopic (exact) mass is 420 g/mol. The van der Waals surface area contributed by atoms with Gasteiger partial charge in [-0.3, -0.25) is 9.69 Å². The highest BCUT2D eigenvalue weighted by Crippen LogP contribution is 2.31. The summed E-state index contributed by atoms with van der Waals surface area (Å²) in [6.45, 7) is 6.12. The van der Waals surface area contributed by atoms with Gasteiger partial charge in [-0.15, -0.1) is 0 Å². The molecule has 8 heteroatoms. The zero-order chi connectivity index (χ0) is 22.1. The van der Waals surface area contributed by atoms with Crippen LogP contribution in [-0.4, -0.2) is 64.2 Å². The van der Waals surface area contributed by atoms with E-state index >= 15 is 0 Å². The van der Waals surface area contributed by atoms with Gasteiger partial charge in [-0.1, -0.05) is 12.1 Å². The third kappa shape index (κ3) is 5.29. The number of ether oxygens (including phenoxy) is 1. The molecule has 0 spiro atoms. The lowest BCUT2D eigenvalue weighted by Gasteiger charge is -2.35. The SMILES string of the molecule is CC(C)(C)OC(=O)N(CC(=O)N1CCCC(c2cccc(C(=O)O)c2F)C1)C1CC1. The van der Waals surface area contributed by atoms with Gasteiger partial charge in [0, 0.05) is 25.0 Å². The number of piperidine rings is 1. The molecule has 1 saturated carbocycles. The van der Waals surface area contributed by atoms with E-state index in [1.165, 1.54) is 17.0 Å². The van der Waals surface area contributed by atoms with Crippen LogP contribution in [-0.2, 0) is 9.53 Å². The number of rotatable bonds is 5. The van der Waals surface area contributed by atoms with Gasteiger partial charge < -0.3 is 14.7 Å². The lowest BCUT2D eigenvalue weighted by Crippen LogP contribution is -2.48. The predicted molar refractivity (Wildman–Crippen MR) is 108 cm³/mol. The second-order valence-corrected chi connectivity index (χ2v) is 9.03. The molecule has 1 atom stereocenters. The van der Waals surface area contributed by atoms with Crippen molar-refractivity contribution in [2.45, 2.75) is 64.0 Å². The molecule has 1 aliphatic heterocycles. The Morgan fingerprint density at radius 2 is 1.93 bits per heavy atom. The largest absolute Gasteiger partial charge is 0.478 e. The van der Waals surface area contributed by atoms with Crippen molar-refractivity contribution in [3.8, 4) is 0 Å². The van der Waals surface area contributed by atoms with Crippen molar-refractivity contribution in [3.63, 3.8) is 0 Å². The average molecular weight is 420 g/mol. The van der Waals surface area contributed by atoms with E-state index in [1.807, 2.05) is 0 Å². The summed E-state index contributed by atoms with van der Waals surface area (Å²) in [7, 11) is 0. The Kier molecular flexibility index (Phi) is 6.33. The van der Waals surface area contributed by atoms with Crippen molar-refractivity contribution in [2.75, 3.05) is 19.6 Å². The highest BCUT2D eigenvalue weighted by Gasteiger charge is 2.38. The summed E-state index contributed by atoms with van der Waals surface area (Å²) < 4.78 is 20.1. The Labute approximate surface area is 175 Å². The van der Waals surface area contributed by atoms with Crippen LogP contribution in [0, 0.1) is 5.82 Å². The molecule has 1 saturated heterocycles. The van der Waals surface area contributed by atoms with Crippen molar-refractivity contribution in [1.82, 2.24) is 9.80 Å². The molecule has 0 bridgehead atoms. The molecule has 30 heavy (non-hydrogen) atoms. The molecule has 164 valence electrons. The van der Waals surface area contributed by atoms with Crippen LogP contribution in [0.3, 0.4) is 0 Å². The second kappa shape index (κ2) is 8.62. The van der Waals surface area contributed by atoms with E-state index in [1.54, 1.807) is 31.7 Å². The third-order valence-corrected chi connectivity index (χ3v) is 5.39. The van der Waals surface area contributed by atoms with Crippen LogP contribution in [0.5, 0.6) is 0 Å². The van der Waals surface area contributed by atoms with E-state index in [0.29, 0.717) is 31.5 Å². The summed E-state index contributed by atoms with van der Waals surface area (Å²) in [4.78, 5) is 39.8. The summed E-state index contributed by atoms with van der Waals surface area (Å²) in [5.41, 5.74) is -0.685. The molecule has 2 fully saturated rings. The Bertz CT molecular complexity index is 831. The molecule has 0 aromatic heterocycles. The Balaban J connectivity index is 1.69. The molecule has 2 aliphatic rings. The van der Waals surface area contributed by atoms with Gasteiger partial charge in [0.1, 0.15) is 18.0 Å². The maximum atomic E-state index is 14.7. The summed E-state index contributed by atoms with van der Waals surface area (Å²) in [5.74, 6) is -2.53. The number of likely N-dealkylation sites (tertiary alicyclic amines) is 1. The number of amides is 2. The molecule has 7 nitrogen and oxygen atoms in total. The lowest BCUT2D eigenvalue weighted by atomic mass is 9.89. The van der Waals surface area contributed by atoms with Crippen LogP contribution in [0.2, 0.25) is 0 Å². The molecule has 0 radical (unpaired) electrons. The van der Waals surface area contributed by atoms with Crippen LogP contribution in [0.25, 0.3) is 0 Å². The van der Waals surface area contributed by atoms with Crippen LogP contribution in [0.1, 0.15) is 68.3 Å². The molecule has 1 aromatic rings. The lowest BCUT2D eigenvalue weighted by molar-refractivity contribution is -0.133. The van der Waals surface area contributed by atoms with E-state index in [4.69, 9.17) is 9.84 Å². The Morgan fingerprint density at radius 1 is 1.23 bits per heavy atom. The minimum Gasteiger partial charge on any atom is -0.478 e. The first-order valence-corrected chi connectivity index (χ1v) is 10.4. The quantitative estimate of drug-likeness (QED) is 0.786. The van der Waals surface area contributed by atoms with Crippen molar-refractivity contribution < 1.29 is 28.6 Å². The highest BCUT2D eigenvalue weighted by atomic mass is 19.1. The molecule has 1 aliphatic carbocycles. The number of carboxylic acid groups (broad SMARTS) is 1. The maximum absolute atomic E-state index is 14.7. The molecule has 1 aromatic carbocycles. The van der Waals surface area contributed by atoms with Crippen LogP contribution in [0.4, 0.5) is 9.18 Å². The normalized spacial score (nSPS) is 19.3. The van der Waals surface area contributed by atoms with Crippen LogP contribution < -0.4 is 0 Å². The van der Waals surface area contributed by atoms with Crippen LogP contribution >= 0.6 is 0 Å². The maximum Gasteiger partial charge on any atom is 0.411 e. The van der Waals surface area contributed by atoms with Crippen LogP contribution in [0.15, 0.2) is 18.2 Å². The van der Waals surface area contributed by atoms with Gasteiger partial charge in [-0.25, -0.2) is 14.0 Å². The molecule has 1 unspecified atom stereocenters. The fourth-order valence-electron chi connectivity index (χ4n) is 3.78. The first-order valence-electron chi connectivity index (χ1n) is 10.4. The molecule has 2 amide bonds. The van der Waals surface area contributed by atoms with Crippen molar-refractivity contribution in [1.29, 1.82) is 0 Å². The highest BCUT2D eigenvalue weighted by molar-refractivity contribution is 5.88. The van der Waals surface area contributed by atoms with Crippen molar-refractivity contribution in [2.24, 2.45) is 0 Å². The molecular formula is C22H29FN2O5. The van der Waals surface area contributed by atoms with Crippen molar-refractivity contribution >= 4 is 18.0 Å². The smallest absolute Gasteiger partial charge is 0.411 e. The third-order valence-electron chi connectivity index (χ3n) is 5.39. The number of hydrogen-bond acceptors (Lipinski definition) is 4. The average Bonchev–Trinajstić information content (AvgIpc) is 3.49. The zero-order valence-electron chi connectivity index (χ0n) is 17.7. The number of carbonyl (C=O) groups is 3. The fourth-order valence-corrected chi connectivity index (χ4v) is 3.78. The Morgan fingerprint density at radius 3 is 2.53 bits per heavy atom. The summed E-state index contributed by atoms with van der Waals surface area (Å²) in [6.07, 6.45) is 2.56. The first kappa shape index (κ1) is 22.1. The van der Waals surface area contributed by atoms with Gasteiger partial charge in [0.15, 0.2) is 0 Å². The van der Waals surface area contributed by atoms with Gasteiger partial charge in [0.2, 0.25) is 5.91 Å². The molecule has 3 rings (SSSR count). The van der Waals surface area contributed by atoms with Gasteiger partial charge in [-0.2, -0.15) is 0 Å². The number of halogens is 1. The summed E-state index contributed by atoms with van der Waals surface area (Å²) in [5, 5.41) is 9.16. The number of benzene rings is 1. The number of nitrogens with zero attached hydrogens (tertiary/aromatic N) is 2. The second-order valence-electron chi connectivity index (χ2n) is 9.03. The first-order chi connectivity index (χ1) is 14.1. The number of aromatic carboxylic acids is 1. The summed E-state index contributed by atoms with van der Waals surface area (Å²) >= 11 is 0.